The Hall–Kier alpha value is -1.69. The molecule has 2 rings (SSSR count). The fraction of sp³-hybridized carbons (Fsp3) is 0.385. The van der Waals surface area contributed by atoms with E-state index in [0.717, 1.165) is 5.56 Å². The van der Waals surface area contributed by atoms with Gasteiger partial charge in [0.1, 0.15) is 6.04 Å². The molecule has 5 nitrogen and oxygen atoms in total. The Bertz CT molecular complexity index is 489. The molecular formula is C13H16N2O3S. The standard InChI is InChI=1S/C13H16N2O3S/c1-8-15(11(7-19-8)13(17)18)12(16)6-9-2-4-10(14)5-3-9/h2-5,8,11H,6-7,14H2,1H3,(H,17,18). The number of anilines is 1. The maximum atomic E-state index is 12.2. The van der Waals surface area contributed by atoms with Crippen LogP contribution in [0.25, 0.3) is 0 Å². The van der Waals surface area contributed by atoms with Gasteiger partial charge in [0.05, 0.1) is 11.8 Å². The lowest BCUT2D eigenvalue weighted by molar-refractivity contribution is -0.148. The van der Waals surface area contributed by atoms with Crippen molar-refractivity contribution in [3.8, 4) is 0 Å². The number of rotatable bonds is 3. The van der Waals surface area contributed by atoms with Gasteiger partial charge in [0.2, 0.25) is 5.91 Å². The highest BCUT2D eigenvalue weighted by Crippen LogP contribution is 2.29. The van der Waals surface area contributed by atoms with Crippen LogP contribution < -0.4 is 5.73 Å². The lowest BCUT2D eigenvalue weighted by Gasteiger charge is -2.25. The van der Waals surface area contributed by atoms with Crippen molar-refractivity contribution >= 4 is 29.3 Å². The van der Waals surface area contributed by atoms with Crippen LogP contribution in [0.3, 0.4) is 0 Å². The molecule has 2 atom stereocenters. The van der Waals surface area contributed by atoms with E-state index in [-0.39, 0.29) is 17.7 Å². The zero-order valence-electron chi connectivity index (χ0n) is 10.6. The van der Waals surface area contributed by atoms with E-state index in [4.69, 9.17) is 10.8 Å². The van der Waals surface area contributed by atoms with Gasteiger partial charge in [-0.05, 0) is 24.6 Å². The van der Waals surface area contributed by atoms with Crippen LogP contribution in [0, 0.1) is 0 Å². The zero-order valence-corrected chi connectivity index (χ0v) is 11.4. The molecule has 1 fully saturated rings. The first-order valence-electron chi connectivity index (χ1n) is 5.99. The first-order valence-corrected chi connectivity index (χ1v) is 7.04. The highest BCUT2D eigenvalue weighted by molar-refractivity contribution is 8.00. The predicted molar refractivity (Wildman–Crippen MR) is 74.7 cm³/mol. The van der Waals surface area contributed by atoms with E-state index in [1.54, 1.807) is 24.3 Å². The summed E-state index contributed by atoms with van der Waals surface area (Å²) in [4.78, 5) is 24.8. The number of hydrogen-bond donors (Lipinski definition) is 2. The van der Waals surface area contributed by atoms with Crippen LogP contribution in [0.4, 0.5) is 5.69 Å². The van der Waals surface area contributed by atoms with Crippen molar-refractivity contribution in [2.24, 2.45) is 0 Å². The van der Waals surface area contributed by atoms with Crippen LogP contribution in [0.15, 0.2) is 24.3 Å². The Labute approximate surface area is 115 Å². The summed E-state index contributed by atoms with van der Waals surface area (Å²) in [5.41, 5.74) is 7.07. The van der Waals surface area contributed by atoms with Gasteiger partial charge < -0.3 is 15.7 Å². The number of carboxylic acid groups (broad SMARTS) is 1. The molecule has 0 spiro atoms. The number of carbonyl (C=O) groups excluding carboxylic acids is 1. The van der Waals surface area contributed by atoms with E-state index >= 15 is 0 Å². The van der Waals surface area contributed by atoms with E-state index < -0.39 is 12.0 Å². The van der Waals surface area contributed by atoms with Gasteiger partial charge in [-0.3, -0.25) is 4.79 Å². The normalized spacial score (nSPS) is 22.5. The minimum atomic E-state index is -0.942. The zero-order chi connectivity index (χ0) is 14.0. The number of nitrogens with two attached hydrogens (primary N) is 1. The summed E-state index contributed by atoms with van der Waals surface area (Å²) < 4.78 is 0. The summed E-state index contributed by atoms with van der Waals surface area (Å²) in [7, 11) is 0. The number of amides is 1. The molecule has 0 bridgehead atoms. The molecule has 1 amide bonds. The topological polar surface area (TPSA) is 83.6 Å². The molecule has 2 unspecified atom stereocenters. The van der Waals surface area contributed by atoms with Crippen molar-refractivity contribution in [1.82, 2.24) is 4.90 Å². The average molecular weight is 280 g/mol. The fourth-order valence-corrected chi connectivity index (χ4v) is 3.30. The van der Waals surface area contributed by atoms with Crippen molar-refractivity contribution in [3.63, 3.8) is 0 Å². The van der Waals surface area contributed by atoms with Crippen LogP contribution in [0.1, 0.15) is 12.5 Å². The fourth-order valence-electron chi connectivity index (χ4n) is 2.11. The molecule has 19 heavy (non-hydrogen) atoms. The Balaban J connectivity index is 2.10. The molecule has 1 aliphatic rings. The third-order valence-corrected chi connectivity index (χ3v) is 4.35. The second kappa shape index (κ2) is 5.52. The molecule has 0 saturated carbocycles. The Kier molecular flexibility index (Phi) is 3.99. The van der Waals surface area contributed by atoms with E-state index in [1.807, 2.05) is 6.92 Å². The first-order chi connectivity index (χ1) is 8.99. The van der Waals surface area contributed by atoms with E-state index in [9.17, 15) is 9.59 Å². The quantitative estimate of drug-likeness (QED) is 0.812. The summed E-state index contributed by atoms with van der Waals surface area (Å²) in [5, 5.41) is 9.03. The van der Waals surface area contributed by atoms with Crippen molar-refractivity contribution in [2.75, 3.05) is 11.5 Å². The summed E-state index contributed by atoms with van der Waals surface area (Å²) in [6, 6.07) is 6.33. The molecule has 3 N–H and O–H groups in total. The third-order valence-electron chi connectivity index (χ3n) is 3.13. The molecule has 1 aromatic rings. The van der Waals surface area contributed by atoms with E-state index in [2.05, 4.69) is 0 Å². The number of thioether (sulfide) groups is 1. The number of aliphatic carboxylic acids is 1. The van der Waals surface area contributed by atoms with E-state index in [0.29, 0.717) is 11.4 Å². The van der Waals surface area contributed by atoms with Crippen molar-refractivity contribution in [2.45, 2.75) is 24.8 Å². The highest BCUT2D eigenvalue weighted by Gasteiger charge is 2.39. The number of hydrogen-bond acceptors (Lipinski definition) is 4. The average Bonchev–Trinajstić information content (AvgIpc) is 2.74. The minimum Gasteiger partial charge on any atom is -0.480 e. The number of carboxylic acids is 1. The van der Waals surface area contributed by atoms with Crippen LogP contribution in [0.5, 0.6) is 0 Å². The van der Waals surface area contributed by atoms with Gasteiger partial charge in [0, 0.05) is 11.4 Å². The molecule has 1 saturated heterocycles. The van der Waals surface area contributed by atoms with Crippen molar-refractivity contribution in [1.29, 1.82) is 0 Å². The third kappa shape index (κ3) is 3.01. The van der Waals surface area contributed by atoms with Crippen LogP contribution >= 0.6 is 11.8 Å². The molecule has 0 aromatic heterocycles. The van der Waals surface area contributed by atoms with Crippen LogP contribution in [-0.2, 0) is 16.0 Å². The molecule has 1 aromatic carbocycles. The number of nitrogen functional groups attached to an aromatic ring is 1. The number of nitrogens with zero attached hydrogens (tertiary/aromatic N) is 1. The second-order valence-corrected chi connectivity index (χ2v) is 5.85. The molecule has 1 heterocycles. The highest BCUT2D eigenvalue weighted by atomic mass is 32.2. The van der Waals surface area contributed by atoms with Crippen LogP contribution in [-0.4, -0.2) is 39.1 Å². The molecule has 0 aliphatic carbocycles. The largest absolute Gasteiger partial charge is 0.480 e. The van der Waals surface area contributed by atoms with Gasteiger partial charge in [-0.15, -0.1) is 11.8 Å². The summed E-state index contributed by atoms with van der Waals surface area (Å²) in [6.07, 6.45) is 0.203. The van der Waals surface area contributed by atoms with Gasteiger partial charge in [-0.2, -0.15) is 0 Å². The molecule has 1 aliphatic heterocycles. The maximum absolute atomic E-state index is 12.2. The minimum absolute atomic E-state index is 0.0950. The second-order valence-electron chi connectivity index (χ2n) is 4.51. The van der Waals surface area contributed by atoms with Crippen molar-refractivity contribution in [3.05, 3.63) is 29.8 Å². The Morgan fingerprint density at radius 1 is 1.42 bits per heavy atom. The van der Waals surface area contributed by atoms with Gasteiger partial charge in [0.25, 0.3) is 0 Å². The number of benzene rings is 1. The van der Waals surface area contributed by atoms with Gasteiger partial charge >= 0.3 is 5.97 Å². The van der Waals surface area contributed by atoms with Gasteiger partial charge in [-0.1, -0.05) is 12.1 Å². The van der Waals surface area contributed by atoms with E-state index in [1.165, 1.54) is 16.7 Å². The summed E-state index contributed by atoms with van der Waals surface area (Å²) in [5.74, 6) is -0.651. The van der Waals surface area contributed by atoms with Crippen LogP contribution in [0.2, 0.25) is 0 Å². The number of carbonyl (C=O) groups is 2. The van der Waals surface area contributed by atoms with Crippen molar-refractivity contribution < 1.29 is 14.7 Å². The summed E-state index contributed by atoms with van der Waals surface area (Å²) in [6.45, 7) is 1.86. The smallest absolute Gasteiger partial charge is 0.327 e. The lowest BCUT2D eigenvalue weighted by Crippen LogP contribution is -2.45. The SMILES string of the molecule is CC1SCC(C(=O)O)N1C(=O)Cc1ccc(N)cc1. The lowest BCUT2D eigenvalue weighted by atomic mass is 10.1. The van der Waals surface area contributed by atoms with Gasteiger partial charge in [-0.25, -0.2) is 4.79 Å². The molecule has 102 valence electrons. The predicted octanol–water partition coefficient (Wildman–Crippen LogP) is 1.19. The summed E-state index contributed by atoms with van der Waals surface area (Å²) >= 11 is 1.49. The molecule has 6 heteroatoms. The Morgan fingerprint density at radius 2 is 2.05 bits per heavy atom. The molecular weight excluding hydrogens is 264 g/mol. The maximum Gasteiger partial charge on any atom is 0.327 e. The monoisotopic (exact) mass is 280 g/mol. The Morgan fingerprint density at radius 3 is 2.63 bits per heavy atom. The first kappa shape index (κ1) is 13.7. The molecule has 0 radical (unpaired) electrons. The van der Waals surface area contributed by atoms with Gasteiger partial charge in [0.15, 0.2) is 0 Å².